The molecule has 1 aliphatic heterocycles. The van der Waals surface area contributed by atoms with E-state index in [4.69, 9.17) is 9.84 Å². The summed E-state index contributed by atoms with van der Waals surface area (Å²) in [5.74, 6) is -0.715. The first kappa shape index (κ1) is 34.3. The van der Waals surface area contributed by atoms with Gasteiger partial charge in [-0.05, 0) is 118 Å². The highest BCUT2D eigenvalue weighted by atomic mass is 19.1. The molecule has 258 valence electrons. The van der Waals surface area contributed by atoms with Gasteiger partial charge in [-0.25, -0.2) is 9.37 Å². The topological polar surface area (TPSA) is 130 Å². The number of nitrogens with one attached hydrogen (secondary N) is 3. The number of aryl methyl sites for hydroxylation is 3. The van der Waals surface area contributed by atoms with Crippen LogP contribution in [0, 0.1) is 5.82 Å². The van der Waals surface area contributed by atoms with Gasteiger partial charge in [-0.2, -0.15) is 5.10 Å². The van der Waals surface area contributed by atoms with E-state index in [0.717, 1.165) is 87.2 Å². The van der Waals surface area contributed by atoms with Crippen molar-refractivity contribution in [2.75, 3.05) is 19.7 Å². The summed E-state index contributed by atoms with van der Waals surface area (Å²) >= 11 is 0. The van der Waals surface area contributed by atoms with E-state index in [1.165, 1.54) is 5.56 Å². The minimum Gasteiger partial charge on any atom is -0.438 e. The highest BCUT2D eigenvalue weighted by Gasteiger charge is 2.27. The van der Waals surface area contributed by atoms with E-state index in [2.05, 4.69) is 50.3 Å². The third-order valence-electron chi connectivity index (χ3n) is 9.28. The second kappa shape index (κ2) is 16.7. The molecule has 0 spiro atoms. The molecule has 3 heterocycles. The van der Waals surface area contributed by atoms with Crippen molar-refractivity contribution in [1.29, 1.82) is 0 Å². The lowest BCUT2D eigenvalue weighted by atomic mass is 9.91. The number of hydrogen-bond acceptors (Lipinski definition) is 7. The smallest absolute Gasteiger partial charge is 0.272 e. The Labute approximate surface area is 286 Å². The van der Waals surface area contributed by atoms with Crippen LogP contribution in [0.1, 0.15) is 83.5 Å². The van der Waals surface area contributed by atoms with Crippen molar-refractivity contribution in [2.24, 2.45) is 0 Å². The summed E-state index contributed by atoms with van der Waals surface area (Å²) in [4.78, 5) is 30.4. The van der Waals surface area contributed by atoms with Crippen molar-refractivity contribution in [3.8, 4) is 22.8 Å². The van der Waals surface area contributed by atoms with Crippen molar-refractivity contribution in [3.05, 3.63) is 95.2 Å². The summed E-state index contributed by atoms with van der Waals surface area (Å²) in [6.45, 7) is 2.80. The van der Waals surface area contributed by atoms with Crippen LogP contribution in [-0.2, 0) is 19.4 Å². The van der Waals surface area contributed by atoms with E-state index in [1.807, 2.05) is 28.9 Å². The fourth-order valence-corrected chi connectivity index (χ4v) is 6.57. The van der Waals surface area contributed by atoms with Gasteiger partial charge in [0.15, 0.2) is 0 Å². The number of carbonyl (C=O) groups excluding carboxylic acids is 2. The number of benzene rings is 2. The van der Waals surface area contributed by atoms with Gasteiger partial charge < -0.3 is 25.8 Å². The van der Waals surface area contributed by atoms with Gasteiger partial charge in [-0.1, -0.05) is 36.4 Å². The number of halogens is 1. The van der Waals surface area contributed by atoms with E-state index in [0.29, 0.717) is 37.1 Å². The molecule has 2 aromatic carbocycles. The molecule has 4 aromatic rings. The van der Waals surface area contributed by atoms with Gasteiger partial charge in [-0.3, -0.25) is 14.3 Å². The second-order valence-corrected chi connectivity index (χ2v) is 13.0. The number of amides is 2. The number of hydrogen-bond donors (Lipinski definition) is 4. The van der Waals surface area contributed by atoms with Gasteiger partial charge in [0.25, 0.3) is 11.8 Å². The van der Waals surface area contributed by atoms with E-state index in [1.54, 1.807) is 6.07 Å². The molecule has 1 aliphatic carbocycles. The molecule has 0 unspecified atom stereocenters. The summed E-state index contributed by atoms with van der Waals surface area (Å²) in [5.41, 5.74) is 4.82. The summed E-state index contributed by atoms with van der Waals surface area (Å²) < 4.78 is 22.3. The monoisotopic (exact) mass is 668 g/mol. The molecule has 49 heavy (non-hydrogen) atoms. The van der Waals surface area contributed by atoms with Crippen molar-refractivity contribution < 1.29 is 23.8 Å². The molecule has 0 bridgehead atoms. The van der Waals surface area contributed by atoms with Crippen LogP contribution < -0.4 is 20.7 Å². The first-order chi connectivity index (χ1) is 23.9. The van der Waals surface area contributed by atoms with Gasteiger partial charge in [-0.15, -0.1) is 0 Å². The molecular formula is C38H45FN6O4. The number of aliphatic hydroxyl groups excluding tert-OH is 1. The Morgan fingerprint density at radius 3 is 2.41 bits per heavy atom. The zero-order chi connectivity index (χ0) is 34.0. The summed E-state index contributed by atoms with van der Waals surface area (Å²) in [5, 5.41) is 22.8. The number of fused-ring (bicyclic) bond motifs is 1. The SMILES string of the molecule is O=C(N[C@H]1CC[C@@H](NC(=O)c2cc(F)cnc2Oc2cccc(-c3ccc(CCCNCCCO)cc3)c2)CC1)c1cc2n(n1)CCCC2. The Balaban J connectivity index is 1.02. The summed E-state index contributed by atoms with van der Waals surface area (Å²) in [6, 6.07) is 18.8. The maximum absolute atomic E-state index is 14.3. The normalized spacial score (nSPS) is 17.3. The van der Waals surface area contributed by atoms with E-state index in [9.17, 15) is 14.0 Å². The molecule has 6 rings (SSSR count). The number of pyridine rings is 1. The van der Waals surface area contributed by atoms with E-state index < -0.39 is 11.7 Å². The van der Waals surface area contributed by atoms with Crippen LogP contribution in [0.15, 0.2) is 66.9 Å². The highest BCUT2D eigenvalue weighted by molar-refractivity contribution is 5.96. The molecule has 0 radical (unpaired) electrons. The number of rotatable bonds is 14. The summed E-state index contributed by atoms with van der Waals surface area (Å²) in [7, 11) is 0. The van der Waals surface area contributed by atoms with Crippen molar-refractivity contribution in [1.82, 2.24) is 30.7 Å². The lowest BCUT2D eigenvalue weighted by Crippen LogP contribution is -2.44. The van der Waals surface area contributed by atoms with Crippen LogP contribution in [0.25, 0.3) is 11.1 Å². The largest absolute Gasteiger partial charge is 0.438 e. The fourth-order valence-electron chi connectivity index (χ4n) is 6.57. The number of carbonyl (C=O) groups is 2. The molecule has 10 nitrogen and oxygen atoms in total. The van der Waals surface area contributed by atoms with Crippen LogP contribution in [0.2, 0.25) is 0 Å². The Kier molecular flexibility index (Phi) is 11.7. The van der Waals surface area contributed by atoms with Crippen LogP contribution in [0.5, 0.6) is 11.6 Å². The average molecular weight is 669 g/mol. The average Bonchev–Trinajstić information content (AvgIpc) is 3.57. The molecule has 2 aliphatic rings. The Bertz CT molecular complexity index is 1690. The van der Waals surface area contributed by atoms with Gasteiger partial charge in [0.1, 0.15) is 22.8 Å². The lowest BCUT2D eigenvalue weighted by Gasteiger charge is -2.29. The summed E-state index contributed by atoms with van der Waals surface area (Å²) in [6.07, 6.45) is 9.73. The standard InChI is InChI=1S/C38H45FN6O4/c39-29-23-34(36(47)42-30-14-16-31(17-15-30)43-37(48)35-24-32-8-1-2-20-45(32)44-35)38(41-25-29)49-33-9-3-7-28(22-33)27-12-10-26(11-13-27)6-4-18-40-19-5-21-46/h3,7,9-13,22-25,30-31,40,46H,1-2,4-6,8,14-21H2,(H,42,47)(H,43,48)/t30-,31+. The molecule has 0 atom stereocenters. The maximum Gasteiger partial charge on any atom is 0.272 e. The Hall–Kier alpha value is -4.61. The molecule has 2 aromatic heterocycles. The quantitative estimate of drug-likeness (QED) is 0.129. The molecular weight excluding hydrogens is 623 g/mol. The molecule has 1 fully saturated rings. The maximum atomic E-state index is 14.3. The van der Waals surface area contributed by atoms with E-state index >= 15 is 0 Å². The zero-order valence-corrected chi connectivity index (χ0v) is 27.8. The first-order valence-electron chi connectivity index (χ1n) is 17.5. The Morgan fingerprint density at radius 2 is 1.65 bits per heavy atom. The number of aliphatic hydroxyl groups is 1. The lowest BCUT2D eigenvalue weighted by molar-refractivity contribution is 0.0887. The number of ether oxygens (including phenoxy) is 1. The predicted molar refractivity (Wildman–Crippen MR) is 185 cm³/mol. The molecule has 0 saturated heterocycles. The highest BCUT2D eigenvalue weighted by Crippen LogP contribution is 2.29. The van der Waals surface area contributed by atoms with Crippen LogP contribution in [0.3, 0.4) is 0 Å². The molecule has 11 heteroatoms. The van der Waals surface area contributed by atoms with Gasteiger partial charge in [0, 0.05) is 30.9 Å². The Morgan fingerprint density at radius 1 is 0.898 bits per heavy atom. The number of nitrogens with zero attached hydrogens (tertiary/aromatic N) is 3. The fraction of sp³-hybridized carbons (Fsp3) is 0.421. The van der Waals surface area contributed by atoms with Gasteiger partial charge >= 0.3 is 0 Å². The van der Waals surface area contributed by atoms with Crippen LogP contribution in [0.4, 0.5) is 4.39 Å². The predicted octanol–water partition coefficient (Wildman–Crippen LogP) is 5.59. The molecule has 1 saturated carbocycles. The third kappa shape index (κ3) is 9.30. The van der Waals surface area contributed by atoms with Crippen molar-refractivity contribution >= 4 is 11.8 Å². The number of aromatic nitrogens is 3. The van der Waals surface area contributed by atoms with Crippen molar-refractivity contribution in [3.63, 3.8) is 0 Å². The van der Waals surface area contributed by atoms with Gasteiger partial charge in [0.2, 0.25) is 5.88 Å². The third-order valence-corrected chi connectivity index (χ3v) is 9.28. The van der Waals surface area contributed by atoms with Crippen molar-refractivity contribution in [2.45, 2.75) is 82.8 Å². The minimum atomic E-state index is -0.625. The van der Waals surface area contributed by atoms with E-state index in [-0.39, 0.29) is 36.0 Å². The van der Waals surface area contributed by atoms with Gasteiger partial charge in [0.05, 0.1) is 6.20 Å². The van der Waals surface area contributed by atoms with Crippen LogP contribution in [-0.4, -0.2) is 63.5 Å². The molecule has 4 N–H and O–H groups in total. The second-order valence-electron chi connectivity index (χ2n) is 13.0. The van der Waals surface area contributed by atoms with Crippen LogP contribution >= 0.6 is 0 Å². The molecule has 2 amide bonds. The zero-order valence-electron chi connectivity index (χ0n) is 27.8. The minimum absolute atomic E-state index is 0.00251. The first-order valence-corrected chi connectivity index (χ1v) is 17.5.